The summed E-state index contributed by atoms with van der Waals surface area (Å²) in [5.74, 6) is -0.0459. The van der Waals surface area contributed by atoms with Gasteiger partial charge in [-0.25, -0.2) is 0 Å². The van der Waals surface area contributed by atoms with Crippen molar-refractivity contribution in [3.63, 3.8) is 0 Å². The third-order valence-corrected chi connectivity index (χ3v) is 2.40. The van der Waals surface area contributed by atoms with E-state index < -0.39 is 0 Å². The van der Waals surface area contributed by atoms with Crippen molar-refractivity contribution in [2.75, 3.05) is 6.61 Å². The lowest BCUT2D eigenvalue weighted by molar-refractivity contribution is -0.154. The van der Waals surface area contributed by atoms with Crippen LogP contribution in [0, 0.1) is 5.41 Å². The van der Waals surface area contributed by atoms with Crippen molar-refractivity contribution in [2.45, 2.75) is 59.8 Å². The van der Waals surface area contributed by atoms with E-state index in [1.54, 1.807) is 0 Å². The van der Waals surface area contributed by atoms with Gasteiger partial charge in [-0.2, -0.15) is 0 Å². The van der Waals surface area contributed by atoms with Crippen LogP contribution in [0.3, 0.4) is 0 Å². The average molecular weight is 200 g/mol. The van der Waals surface area contributed by atoms with Gasteiger partial charge in [-0.1, -0.05) is 33.1 Å². The van der Waals surface area contributed by atoms with E-state index in [0.717, 1.165) is 19.3 Å². The third kappa shape index (κ3) is 5.25. The summed E-state index contributed by atoms with van der Waals surface area (Å²) in [5, 5.41) is 0. The number of hydrogen-bond donors (Lipinski definition) is 0. The Morgan fingerprint density at radius 1 is 1.14 bits per heavy atom. The maximum Gasteiger partial charge on any atom is 0.311 e. The molecule has 0 unspecified atom stereocenters. The van der Waals surface area contributed by atoms with Crippen molar-refractivity contribution < 1.29 is 9.53 Å². The topological polar surface area (TPSA) is 26.3 Å². The van der Waals surface area contributed by atoms with Gasteiger partial charge in [0.05, 0.1) is 12.0 Å². The Kier molecular flexibility index (Phi) is 6.60. The highest BCUT2D eigenvalue weighted by Gasteiger charge is 2.28. The van der Waals surface area contributed by atoms with Crippen molar-refractivity contribution in [3.8, 4) is 0 Å². The number of carbonyl (C=O) groups excluding carboxylic acids is 1. The highest BCUT2D eigenvalue weighted by molar-refractivity contribution is 5.75. The Morgan fingerprint density at radius 2 is 1.79 bits per heavy atom. The largest absolute Gasteiger partial charge is 0.465 e. The van der Waals surface area contributed by atoms with Gasteiger partial charge in [0.1, 0.15) is 0 Å². The highest BCUT2D eigenvalue weighted by atomic mass is 16.5. The number of hydrogen-bond acceptors (Lipinski definition) is 2. The van der Waals surface area contributed by atoms with Crippen molar-refractivity contribution in [1.29, 1.82) is 0 Å². The molecule has 0 spiro atoms. The molecular weight excluding hydrogens is 176 g/mol. The van der Waals surface area contributed by atoms with Crippen LogP contribution in [-0.4, -0.2) is 12.6 Å². The molecule has 0 aliphatic carbocycles. The minimum atomic E-state index is -0.301. The molecule has 0 amide bonds. The van der Waals surface area contributed by atoms with E-state index in [1.165, 1.54) is 12.8 Å². The lowest BCUT2D eigenvalue weighted by Crippen LogP contribution is -2.26. The number of ether oxygens (including phenoxy) is 1. The van der Waals surface area contributed by atoms with Crippen molar-refractivity contribution in [2.24, 2.45) is 5.41 Å². The van der Waals surface area contributed by atoms with Gasteiger partial charge < -0.3 is 4.74 Å². The van der Waals surface area contributed by atoms with Crippen LogP contribution in [0.15, 0.2) is 0 Å². The molecule has 2 heteroatoms. The van der Waals surface area contributed by atoms with E-state index in [0.29, 0.717) is 6.61 Å². The van der Waals surface area contributed by atoms with Crippen molar-refractivity contribution in [3.05, 3.63) is 0 Å². The molecule has 0 saturated carbocycles. The lowest BCUT2D eigenvalue weighted by atomic mass is 9.87. The molecule has 0 fully saturated rings. The maximum atomic E-state index is 11.6. The van der Waals surface area contributed by atoms with Crippen molar-refractivity contribution in [1.82, 2.24) is 0 Å². The fourth-order valence-corrected chi connectivity index (χ4v) is 1.31. The second-order valence-corrected chi connectivity index (χ2v) is 4.48. The first-order valence-corrected chi connectivity index (χ1v) is 5.71. The van der Waals surface area contributed by atoms with Gasteiger partial charge in [-0.05, 0) is 26.7 Å². The zero-order chi connectivity index (χ0) is 11.0. The molecule has 0 heterocycles. The van der Waals surface area contributed by atoms with E-state index in [9.17, 15) is 4.79 Å². The fraction of sp³-hybridized carbons (Fsp3) is 0.917. The Hall–Kier alpha value is -0.530. The van der Waals surface area contributed by atoms with Crippen LogP contribution in [0.2, 0.25) is 0 Å². The highest BCUT2D eigenvalue weighted by Crippen LogP contribution is 2.25. The molecule has 0 aliphatic rings. The molecule has 0 rings (SSSR count). The Bertz CT molecular complexity index is 162. The van der Waals surface area contributed by atoms with E-state index in [-0.39, 0.29) is 11.4 Å². The third-order valence-electron chi connectivity index (χ3n) is 2.40. The molecule has 14 heavy (non-hydrogen) atoms. The summed E-state index contributed by atoms with van der Waals surface area (Å²) in [7, 11) is 0. The fourth-order valence-electron chi connectivity index (χ4n) is 1.31. The van der Waals surface area contributed by atoms with Crippen LogP contribution in [-0.2, 0) is 9.53 Å². The van der Waals surface area contributed by atoms with E-state index >= 15 is 0 Å². The minimum absolute atomic E-state index is 0.0459. The Labute approximate surface area is 88.0 Å². The van der Waals surface area contributed by atoms with E-state index in [1.807, 2.05) is 20.8 Å². The molecule has 2 nitrogen and oxygen atoms in total. The molecule has 0 aromatic heterocycles. The molecule has 84 valence electrons. The first-order valence-electron chi connectivity index (χ1n) is 5.71. The van der Waals surface area contributed by atoms with Gasteiger partial charge in [0, 0.05) is 0 Å². The normalized spacial score (nSPS) is 11.4. The summed E-state index contributed by atoms with van der Waals surface area (Å²) in [6.07, 6.45) is 5.34. The summed E-state index contributed by atoms with van der Waals surface area (Å²) in [4.78, 5) is 11.6. The molecular formula is C12H24O2. The van der Waals surface area contributed by atoms with Crippen LogP contribution in [0.5, 0.6) is 0 Å². The van der Waals surface area contributed by atoms with Gasteiger partial charge in [0.25, 0.3) is 0 Å². The molecule has 0 radical (unpaired) electrons. The van der Waals surface area contributed by atoms with Crippen LogP contribution in [0.4, 0.5) is 0 Å². The summed E-state index contributed by atoms with van der Waals surface area (Å²) in [6, 6.07) is 0. The van der Waals surface area contributed by atoms with E-state index in [4.69, 9.17) is 4.74 Å². The molecule has 0 aliphatic heterocycles. The maximum absolute atomic E-state index is 11.6. The number of carbonyl (C=O) groups is 1. The van der Waals surface area contributed by atoms with E-state index in [2.05, 4.69) is 6.92 Å². The molecule has 0 aromatic rings. The Balaban J connectivity index is 3.83. The summed E-state index contributed by atoms with van der Waals surface area (Å²) >= 11 is 0. The second kappa shape index (κ2) is 6.86. The zero-order valence-electron chi connectivity index (χ0n) is 10.1. The zero-order valence-corrected chi connectivity index (χ0v) is 10.1. The van der Waals surface area contributed by atoms with Crippen LogP contribution in [0.1, 0.15) is 59.8 Å². The predicted molar refractivity (Wildman–Crippen MR) is 59.2 cm³/mol. The van der Waals surface area contributed by atoms with Gasteiger partial charge in [0.15, 0.2) is 0 Å². The van der Waals surface area contributed by atoms with Gasteiger partial charge in [-0.3, -0.25) is 4.79 Å². The Morgan fingerprint density at radius 3 is 2.29 bits per heavy atom. The van der Waals surface area contributed by atoms with Crippen molar-refractivity contribution >= 4 is 5.97 Å². The first kappa shape index (κ1) is 13.5. The molecule has 0 bridgehead atoms. The molecule has 0 saturated heterocycles. The summed E-state index contributed by atoms with van der Waals surface area (Å²) in [5.41, 5.74) is -0.301. The standard InChI is InChI=1S/C12H24O2/c1-5-7-8-9-12(3,4)11(13)14-10-6-2/h5-10H2,1-4H3. The molecule has 0 atom stereocenters. The van der Waals surface area contributed by atoms with Crippen LogP contribution >= 0.6 is 0 Å². The minimum Gasteiger partial charge on any atom is -0.465 e. The SMILES string of the molecule is CCCCCC(C)(C)C(=O)OCCC. The average Bonchev–Trinajstić information content (AvgIpc) is 2.14. The van der Waals surface area contributed by atoms with Crippen LogP contribution < -0.4 is 0 Å². The molecule has 0 aromatic carbocycles. The van der Waals surface area contributed by atoms with Gasteiger partial charge in [0.2, 0.25) is 0 Å². The predicted octanol–water partition coefficient (Wildman–Crippen LogP) is 3.55. The quantitative estimate of drug-likeness (QED) is 0.464. The lowest BCUT2D eigenvalue weighted by Gasteiger charge is -2.22. The number of esters is 1. The number of rotatable bonds is 7. The first-order chi connectivity index (χ1) is 6.54. The van der Waals surface area contributed by atoms with Gasteiger partial charge >= 0.3 is 5.97 Å². The van der Waals surface area contributed by atoms with Crippen LogP contribution in [0.25, 0.3) is 0 Å². The number of unbranched alkanes of at least 4 members (excludes halogenated alkanes) is 2. The smallest absolute Gasteiger partial charge is 0.311 e. The van der Waals surface area contributed by atoms with Gasteiger partial charge in [-0.15, -0.1) is 0 Å². The summed E-state index contributed by atoms with van der Waals surface area (Å²) in [6.45, 7) is 8.68. The second-order valence-electron chi connectivity index (χ2n) is 4.48. The monoisotopic (exact) mass is 200 g/mol. The summed E-state index contributed by atoms with van der Waals surface area (Å²) < 4.78 is 5.15. The molecule has 0 N–H and O–H groups in total.